The van der Waals surface area contributed by atoms with E-state index in [0.717, 1.165) is 30.6 Å². The van der Waals surface area contributed by atoms with Crippen LogP contribution in [-0.2, 0) is 27.2 Å². The maximum Gasteiger partial charge on any atom is 0.317 e. The van der Waals surface area contributed by atoms with E-state index in [0.29, 0.717) is 0 Å². The van der Waals surface area contributed by atoms with Crippen molar-refractivity contribution in [1.29, 1.82) is 0 Å². The van der Waals surface area contributed by atoms with Crippen molar-refractivity contribution in [3.05, 3.63) is 29.3 Å². The van der Waals surface area contributed by atoms with Crippen LogP contribution >= 0.6 is 11.8 Å². The van der Waals surface area contributed by atoms with Gasteiger partial charge in [0.25, 0.3) is 5.91 Å². The molecular weight excluding hydrogens is 298 g/mol. The largest absolute Gasteiger partial charge is 0.452 e. The minimum Gasteiger partial charge on any atom is -0.452 e. The molecule has 118 valence electrons. The van der Waals surface area contributed by atoms with Crippen LogP contribution in [0.1, 0.15) is 37.3 Å². The lowest BCUT2D eigenvalue weighted by molar-refractivity contribution is -0.152. The van der Waals surface area contributed by atoms with Gasteiger partial charge in [0.05, 0.1) is 5.75 Å². The third-order valence-electron chi connectivity index (χ3n) is 4.03. The molecule has 0 heterocycles. The fourth-order valence-electron chi connectivity index (χ4n) is 2.61. The van der Waals surface area contributed by atoms with Crippen LogP contribution < -0.4 is 5.32 Å². The standard InChI is InChI=1S/C17H21NO3S/c1-11(17(20)18-14-6-7-14)21-16(19)10-22-15-8-5-12-3-2-4-13(12)9-15/h5,8-9,11,14H,2-4,6-7,10H2,1H3,(H,18,20)/t11-/m0/s1. The number of hydrogen-bond acceptors (Lipinski definition) is 4. The van der Waals surface area contributed by atoms with Crippen molar-refractivity contribution in [2.75, 3.05) is 5.75 Å². The quantitative estimate of drug-likeness (QED) is 0.646. The van der Waals surface area contributed by atoms with Gasteiger partial charge in [-0.05, 0) is 62.3 Å². The summed E-state index contributed by atoms with van der Waals surface area (Å²) in [6.45, 7) is 1.62. The number of fused-ring (bicyclic) bond motifs is 1. The van der Waals surface area contributed by atoms with E-state index in [1.807, 2.05) is 0 Å². The molecule has 1 aromatic carbocycles. The van der Waals surface area contributed by atoms with Crippen LogP contribution in [-0.4, -0.2) is 29.8 Å². The normalized spacial score (nSPS) is 17.7. The molecule has 5 heteroatoms. The summed E-state index contributed by atoms with van der Waals surface area (Å²) in [6, 6.07) is 6.67. The van der Waals surface area contributed by atoms with Crippen molar-refractivity contribution in [2.45, 2.75) is 56.1 Å². The molecule has 22 heavy (non-hydrogen) atoms. The molecule has 0 spiro atoms. The zero-order valence-electron chi connectivity index (χ0n) is 12.8. The van der Waals surface area contributed by atoms with Gasteiger partial charge in [-0.1, -0.05) is 6.07 Å². The van der Waals surface area contributed by atoms with E-state index < -0.39 is 6.10 Å². The number of rotatable bonds is 6. The molecule has 0 aliphatic heterocycles. The van der Waals surface area contributed by atoms with E-state index in [4.69, 9.17) is 4.74 Å². The van der Waals surface area contributed by atoms with Gasteiger partial charge in [0.1, 0.15) is 0 Å². The van der Waals surface area contributed by atoms with Gasteiger partial charge < -0.3 is 10.1 Å². The number of hydrogen-bond donors (Lipinski definition) is 1. The molecule has 3 rings (SSSR count). The third-order valence-corrected chi connectivity index (χ3v) is 5.00. The number of aryl methyl sites for hydroxylation is 2. The van der Waals surface area contributed by atoms with E-state index in [2.05, 4.69) is 23.5 Å². The van der Waals surface area contributed by atoms with Crippen molar-refractivity contribution in [3.63, 3.8) is 0 Å². The summed E-state index contributed by atoms with van der Waals surface area (Å²) in [6.07, 6.45) is 4.86. The van der Waals surface area contributed by atoms with Crippen molar-refractivity contribution in [1.82, 2.24) is 5.32 Å². The number of thioether (sulfide) groups is 1. The molecule has 0 aromatic heterocycles. The first kappa shape index (κ1) is 15.4. The number of amides is 1. The maximum absolute atomic E-state index is 11.8. The predicted molar refractivity (Wildman–Crippen MR) is 85.9 cm³/mol. The highest BCUT2D eigenvalue weighted by molar-refractivity contribution is 8.00. The molecule has 1 fully saturated rings. The minimum atomic E-state index is -0.714. The molecule has 1 aromatic rings. The topological polar surface area (TPSA) is 55.4 Å². The Balaban J connectivity index is 1.44. The fourth-order valence-corrected chi connectivity index (χ4v) is 3.35. The van der Waals surface area contributed by atoms with Crippen LogP contribution in [0, 0.1) is 0 Å². The van der Waals surface area contributed by atoms with Crippen LogP contribution in [0.5, 0.6) is 0 Å². The molecule has 1 amide bonds. The van der Waals surface area contributed by atoms with E-state index >= 15 is 0 Å². The summed E-state index contributed by atoms with van der Waals surface area (Å²) < 4.78 is 5.18. The average molecular weight is 319 g/mol. The van der Waals surface area contributed by atoms with Gasteiger partial charge in [0, 0.05) is 10.9 Å². The fraction of sp³-hybridized carbons (Fsp3) is 0.529. The number of esters is 1. The molecule has 4 nitrogen and oxygen atoms in total. The number of nitrogens with one attached hydrogen (secondary N) is 1. The average Bonchev–Trinajstić information content (AvgIpc) is 3.19. The summed E-state index contributed by atoms with van der Waals surface area (Å²) in [5.41, 5.74) is 2.83. The van der Waals surface area contributed by atoms with Crippen molar-refractivity contribution in [3.8, 4) is 0 Å². The Bertz CT molecular complexity index is 583. The van der Waals surface area contributed by atoms with Crippen LogP contribution in [0.15, 0.2) is 23.1 Å². The van der Waals surface area contributed by atoms with Crippen LogP contribution in [0.4, 0.5) is 0 Å². The molecule has 1 saturated carbocycles. The first-order valence-corrected chi connectivity index (χ1v) is 8.85. The molecule has 1 N–H and O–H groups in total. The Morgan fingerprint density at radius 3 is 2.86 bits per heavy atom. The summed E-state index contributed by atoms with van der Waals surface area (Å²) in [5, 5.41) is 2.84. The summed E-state index contributed by atoms with van der Waals surface area (Å²) in [7, 11) is 0. The molecule has 0 radical (unpaired) electrons. The number of benzene rings is 1. The highest BCUT2D eigenvalue weighted by Gasteiger charge is 2.27. The zero-order chi connectivity index (χ0) is 15.5. The predicted octanol–water partition coefficient (Wildman–Crippen LogP) is 2.48. The second-order valence-corrected chi connectivity index (χ2v) is 7.04. The van der Waals surface area contributed by atoms with E-state index in [9.17, 15) is 9.59 Å². The van der Waals surface area contributed by atoms with Crippen LogP contribution in [0.3, 0.4) is 0 Å². The maximum atomic E-state index is 11.8. The second-order valence-electron chi connectivity index (χ2n) is 5.99. The Morgan fingerprint density at radius 1 is 1.32 bits per heavy atom. The summed E-state index contributed by atoms with van der Waals surface area (Å²) in [5.74, 6) is -0.304. The van der Waals surface area contributed by atoms with E-state index in [1.165, 1.54) is 29.3 Å². The lowest BCUT2D eigenvalue weighted by atomic mass is 10.1. The molecule has 0 saturated heterocycles. The van der Waals surface area contributed by atoms with Gasteiger partial charge >= 0.3 is 5.97 Å². The van der Waals surface area contributed by atoms with Gasteiger partial charge in [0.2, 0.25) is 0 Å². The Kier molecular flexibility index (Phi) is 4.71. The van der Waals surface area contributed by atoms with Gasteiger partial charge in [-0.2, -0.15) is 0 Å². The monoisotopic (exact) mass is 319 g/mol. The molecule has 2 aliphatic rings. The third kappa shape index (κ3) is 4.03. The molecule has 0 bridgehead atoms. The number of carbonyl (C=O) groups excluding carboxylic acids is 2. The first-order chi connectivity index (χ1) is 10.6. The minimum absolute atomic E-state index is 0.196. The zero-order valence-corrected chi connectivity index (χ0v) is 13.6. The Labute approximate surface area is 135 Å². The SMILES string of the molecule is C[C@H](OC(=O)CSc1ccc2c(c1)CCC2)C(=O)NC1CC1. The first-order valence-electron chi connectivity index (χ1n) is 7.86. The molecule has 2 aliphatic carbocycles. The lowest BCUT2D eigenvalue weighted by Crippen LogP contribution is -2.37. The van der Waals surface area contributed by atoms with Crippen LogP contribution in [0.25, 0.3) is 0 Å². The Hall–Kier alpha value is -1.49. The van der Waals surface area contributed by atoms with Gasteiger partial charge in [-0.15, -0.1) is 11.8 Å². The number of ether oxygens (including phenoxy) is 1. The number of carbonyl (C=O) groups is 2. The van der Waals surface area contributed by atoms with Gasteiger partial charge in [-0.25, -0.2) is 0 Å². The molecule has 0 unspecified atom stereocenters. The van der Waals surface area contributed by atoms with Gasteiger partial charge in [0.15, 0.2) is 6.10 Å². The Morgan fingerprint density at radius 2 is 2.09 bits per heavy atom. The molecular formula is C17H21NO3S. The van der Waals surface area contributed by atoms with Gasteiger partial charge in [-0.3, -0.25) is 9.59 Å². The van der Waals surface area contributed by atoms with Crippen molar-refractivity contribution < 1.29 is 14.3 Å². The highest BCUT2D eigenvalue weighted by atomic mass is 32.2. The summed E-state index contributed by atoms with van der Waals surface area (Å²) >= 11 is 1.47. The van der Waals surface area contributed by atoms with Crippen LogP contribution in [0.2, 0.25) is 0 Å². The summed E-state index contributed by atoms with van der Waals surface area (Å²) in [4.78, 5) is 24.7. The smallest absolute Gasteiger partial charge is 0.317 e. The van der Waals surface area contributed by atoms with E-state index in [1.54, 1.807) is 6.92 Å². The van der Waals surface area contributed by atoms with Crippen molar-refractivity contribution >= 4 is 23.6 Å². The second kappa shape index (κ2) is 6.73. The molecule has 1 atom stereocenters. The van der Waals surface area contributed by atoms with Crippen molar-refractivity contribution in [2.24, 2.45) is 0 Å². The lowest BCUT2D eigenvalue weighted by Gasteiger charge is -2.13. The van der Waals surface area contributed by atoms with E-state index in [-0.39, 0.29) is 23.7 Å². The highest BCUT2D eigenvalue weighted by Crippen LogP contribution is 2.27.